The molecule has 0 bridgehead atoms. The van der Waals surface area contributed by atoms with Crippen molar-refractivity contribution in [3.05, 3.63) is 0 Å². The Balaban J connectivity index is 3.84. The largest absolute Gasteiger partial charge is 0.277 e. The number of nitrogens with zero attached hydrogens (tertiary/aromatic N) is 2. The van der Waals surface area contributed by atoms with Crippen LogP contribution in [0, 0.1) is 0 Å². The monoisotopic (exact) mass is 194 g/mol. The third-order valence-corrected chi connectivity index (χ3v) is 1.46. The first-order valence-corrected chi connectivity index (χ1v) is 4.33. The molecule has 0 spiro atoms. The third kappa shape index (κ3) is 6.32. The first-order valence-electron chi connectivity index (χ1n) is 3.58. The molecule has 2 nitrogen and oxygen atoms in total. The van der Waals surface area contributed by atoms with E-state index in [-0.39, 0.29) is 0 Å². The minimum Gasteiger partial charge on any atom is -0.277 e. The van der Waals surface area contributed by atoms with Crippen molar-refractivity contribution in [2.45, 2.75) is 20.3 Å². The Morgan fingerprint density at radius 2 is 1.36 bits per heavy atom. The van der Waals surface area contributed by atoms with Crippen LogP contribution < -0.4 is 0 Å². The molecule has 0 aliphatic carbocycles. The number of hydrogen-bond donors (Lipinski definition) is 0. The molecule has 0 aliphatic heterocycles. The first kappa shape index (κ1) is 10.9. The lowest BCUT2D eigenvalue weighted by molar-refractivity contribution is 1.12. The van der Waals surface area contributed by atoms with E-state index in [1.807, 2.05) is 13.8 Å². The Labute approximate surface area is 77.3 Å². The number of halogens is 2. The molecule has 0 unspecified atom stereocenters. The Bertz CT molecular complexity index is 146. The molecule has 0 rings (SSSR count). The molecule has 0 heterocycles. The van der Waals surface area contributed by atoms with Crippen LogP contribution in [-0.2, 0) is 0 Å². The van der Waals surface area contributed by atoms with Crippen molar-refractivity contribution in [2.75, 3.05) is 13.1 Å². The van der Waals surface area contributed by atoms with E-state index in [1.54, 1.807) is 0 Å². The molecule has 64 valence electrons. The van der Waals surface area contributed by atoms with Crippen LogP contribution in [0.15, 0.2) is 9.98 Å². The fraction of sp³-hybridized carbons (Fsp3) is 0.714. The van der Waals surface area contributed by atoms with Crippen molar-refractivity contribution < 1.29 is 0 Å². The normalized spacial score (nSPS) is 13.8. The zero-order valence-electron chi connectivity index (χ0n) is 6.77. The van der Waals surface area contributed by atoms with E-state index in [0.717, 1.165) is 0 Å². The van der Waals surface area contributed by atoms with Gasteiger partial charge in [-0.1, -0.05) is 23.2 Å². The summed E-state index contributed by atoms with van der Waals surface area (Å²) >= 11 is 11.4. The fourth-order valence-electron chi connectivity index (χ4n) is 0.575. The van der Waals surface area contributed by atoms with E-state index in [0.29, 0.717) is 29.9 Å². The maximum Gasteiger partial charge on any atom is 0.107 e. The highest BCUT2D eigenvalue weighted by molar-refractivity contribution is 6.74. The predicted octanol–water partition coefficient (Wildman–Crippen LogP) is 2.69. The van der Waals surface area contributed by atoms with Crippen molar-refractivity contribution >= 4 is 33.5 Å². The van der Waals surface area contributed by atoms with Crippen molar-refractivity contribution in [1.29, 1.82) is 0 Å². The molecule has 0 amide bonds. The lowest BCUT2D eigenvalue weighted by Gasteiger charge is -1.94. The van der Waals surface area contributed by atoms with E-state index in [4.69, 9.17) is 23.2 Å². The average Bonchev–Trinajstić information content (AvgIpc) is 1.87. The van der Waals surface area contributed by atoms with Crippen molar-refractivity contribution in [1.82, 2.24) is 0 Å². The number of aliphatic imine (C=N–C) groups is 2. The minimum absolute atomic E-state index is 0.463. The summed E-state index contributed by atoms with van der Waals surface area (Å²) in [5, 5.41) is 1.05. The fourth-order valence-corrected chi connectivity index (χ4v) is 1.14. The van der Waals surface area contributed by atoms with E-state index >= 15 is 0 Å². The summed E-state index contributed by atoms with van der Waals surface area (Å²) < 4.78 is 0. The Kier molecular flexibility index (Phi) is 6.57. The molecule has 0 aromatic rings. The molecule has 0 aromatic carbocycles. The van der Waals surface area contributed by atoms with Gasteiger partial charge in [-0.2, -0.15) is 0 Å². The van der Waals surface area contributed by atoms with Crippen LogP contribution in [0.4, 0.5) is 0 Å². The van der Waals surface area contributed by atoms with E-state index in [2.05, 4.69) is 9.98 Å². The quantitative estimate of drug-likeness (QED) is 0.616. The van der Waals surface area contributed by atoms with Gasteiger partial charge in [0.15, 0.2) is 0 Å². The van der Waals surface area contributed by atoms with Crippen LogP contribution in [0.1, 0.15) is 20.3 Å². The molecule has 0 aromatic heterocycles. The zero-order valence-corrected chi connectivity index (χ0v) is 8.28. The van der Waals surface area contributed by atoms with E-state index in [9.17, 15) is 0 Å². The summed E-state index contributed by atoms with van der Waals surface area (Å²) in [6, 6.07) is 0. The summed E-state index contributed by atoms with van der Waals surface area (Å²) in [7, 11) is 0. The van der Waals surface area contributed by atoms with Crippen molar-refractivity contribution in [3.63, 3.8) is 0 Å². The lowest BCUT2D eigenvalue weighted by Crippen LogP contribution is -1.97. The van der Waals surface area contributed by atoms with Crippen LogP contribution in [0.25, 0.3) is 0 Å². The van der Waals surface area contributed by atoms with Gasteiger partial charge in [0.1, 0.15) is 10.3 Å². The van der Waals surface area contributed by atoms with Crippen molar-refractivity contribution in [2.24, 2.45) is 9.98 Å². The van der Waals surface area contributed by atoms with Gasteiger partial charge < -0.3 is 0 Å². The van der Waals surface area contributed by atoms with Crippen molar-refractivity contribution in [3.8, 4) is 0 Å². The van der Waals surface area contributed by atoms with Gasteiger partial charge in [0.05, 0.1) is 6.42 Å². The molecule has 0 saturated heterocycles. The number of rotatable bonds is 4. The molecule has 0 fully saturated rings. The second-order valence-corrected chi connectivity index (χ2v) is 2.75. The van der Waals surface area contributed by atoms with Gasteiger partial charge in [-0.25, -0.2) is 0 Å². The SMILES string of the molecule is CCN=C(Cl)CC(Cl)=NCC. The van der Waals surface area contributed by atoms with E-state index < -0.39 is 0 Å². The highest BCUT2D eigenvalue weighted by Gasteiger charge is 1.97. The van der Waals surface area contributed by atoms with Gasteiger partial charge in [-0.3, -0.25) is 9.98 Å². The van der Waals surface area contributed by atoms with Gasteiger partial charge in [0, 0.05) is 13.1 Å². The summed E-state index contributed by atoms with van der Waals surface area (Å²) in [5.41, 5.74) is 0. The van der Waals surface area contributed by atoms with Gasteiger partial charge >= 0.3 is 0 Å². The van der Waals surface area contributed by atoms with Crippen LogP contribution in [0.3, 0.4) is 0 Å². The third-order valence-electron chi connectivity index (χ3n) is 0.951. The molecule has 0 radical (unpaired) electrons. The molecule has 0 aliphatic rings. The molecule has 0 atom stereocenters. The Hall–Kier alpha value is -0.0800. The van der Waals surface area contributed by atoms with E-state index in [1.165, 1.54) is 0 Å². The van der Waals surface area contributed by atoms with Crippen LogP contribution >= 0.6 is 23.2 Å². The standard InChI is InChI=1S/C7H12Cl2N2/c1-3-10-6(8)5-7(9)11-4-2/h3-5H2,1-2H3. The van der Waals surface area contributed by atoms with Gasteiger partial charge in [0.25, 0.3) is 0 Å². The Morgan fingerprint density at radius 3 is 1.64 bits per heavy atom. The second-order valence-electron chi connectivity index (χ2n) is 1.88. The average molecular weight is 195 g/mol. The summed E-state index contributed by atoms with van der Waals surface area (Å²) in [6.07, 6.45) is 0.463. The highest BCUT2D eigenvalue weighted by Crippen LogP contribution is 2.00. The summed E-state index contributed by atoms with van der Waals surface area (Å²) in [5.74, 6) is 0. The smallest absolute Gasteiger partial charge is 0.107 e. The molecule has 4 heteroatoms. The highest BCUT2D eigenvalue weighted by atomic mass is 35.5. The molecule has 0 saturated carbocycles. The van der Waals surface area contributed by atoms with Gasteiger partial charge in [0.2, 0.25) is 0 Å². The zero-order chi connectivity index (χ0) is 8.69. The maximum absolute atomic E-state index is 5.70. The molecule has 0 N–H and O–H groups in total. The summed E-state index contributed by atoms with van der Waals surface area (Å²) in [6.45, 7) is 5.23. The van der Waals surface area contributed by atoms with Gasteiger partial charge in [-0.05, 0) is 13.8 Å². The minimum atomic E-state index is 0.463. The predicted molar refractivity (Wildman–Crippen MR) is 52.3 cm³/mol. The number of hydrogen-bond acceptors (Lipinski definition) is 2. The second kappa shape index (κ2) is 6.62. The maximum atomic E-state index is 5.70. The van der Waals surface area contributed by atoms with Crippen LogP contribution in [-0.4, -0.2) is 23.4 Å². The topological polar surface area (TPSA) is 24.7 Å². The van der Waals surface area contributed by atoms with Crippen LogP contribution in [0.2, 0.25) is 0 Å². The molecule has 11 heavy (non-hydrogen) atoms. The lowest BCUT2D eigenvalue weighted by atomic mass is 10.5. The molecular formula is C7H12Cl2N2. The summed E-state index contributed by atoms with van der Waals surface area (Å²) in [4.78, 5) is 7.93. The molecular weight excluding hydrogens is 183 g/mol. The van der Waals surface area contributed by atoms with Gasteiger partial charge in [-0.15, -0.1) is 0 Å². The Morgan fingerprint density at radius 1 is 1.00 bits per heavy atom. The van der Waals surface area contributed by atoms with Crippen LogP contribution in [0.5, 0.6) is 0 Å². The first-order chi connectivity index (χ1) is 5.20.